The Labute approximate surface area is 161 Å². The Balaban J connectivity index is 1.72. The van der Waals surface area contributed by atoms with Gasteiger partial charge in [-0.15, -0.1) is 0 Å². The number of carbonyl (C=O) groups excluding carboxylic acids is 2. The fourth-order valence-corrected chi connectivity index (χ4v) is 4.43. The zero-order valence-electron chi connectivity index (χ0n) is 16.3. The van der Waals surface area contributed by atoms with E-state index in [0.717, 1.165) is 38.6 Å². The molecule has 1 spiro atoms. The van der Waals surface area contributed by atoms with E-state index in [4.69, 9.17) is 0 Å². The van der Waals surface area contributed by atoms with Crippen molar-refractivity contribution in [2.75, 3.05) is 40.3 Å². The molecule has 0 radical (unpaired) electrons. The van der Waals surface area contributed by atoms with Crippen molar-refractivity contribution in [3.63, 3.8) is 0 Å². The van der Waals surface area contributed by atoms with Crippen LogP contribution in [-0.4, -0.2) is 72.3 Å². The van der Waals surface area contributed by atoms with Crippen molar-refractivity contribution in [1.82, 2.24) is 14.7 Å². The summed E-state index contributed by atoms with van der Waals surface area (Å²) >= 11 is 0. The molecule has 0 unspecified atom stereocenters. The molecule has 0 saturated carbocycles. The summed E-state index contributed by atoms with van der Waals surface area (Å²) in [7, 11) is 3.59. The maximum Gasteiger partial charge on any atom is 0.255 e. The number of rotatable bonds is 3. The van der Waals surface area contributed by atoms with Crippen molar-refractivity contribution in [1.29, 1.82) is 5.26 Å². The summed E-state index contributed by atoms with van der Waals surface area (Å²) in [5.41, 5.74) is 0.942. The Morgan fingerprint density at radius 3 is 2.52 bits per heavy atom. The number of carbonyl (C=O) groups is 2. The van der Waals surface area contributed by atoms with Crippen LogP contribution >= 0.6 is 0 Å². The molecule has 2 aliphatic heterocycles. The lowest BCUT2D eigenvalue weighted by Crippen LogP contribution is -2.48. The van der Waals surface area contributed by atoms with Crippen LogP contribution in [0, 0.1) is 11.3 Å². The van der Waals surface area contributed by atoms with E-state index in [9.17, 15) is 14.9 Å². The zero-order valence-corrected chi connectivity index (χ0v) is 16.3. The average molecular weight is 368 g/mol. The molecule has 0 bridgehead atoms. The van der Waals surface area contributed by atoms with Gasteiger partial charge in [-0.05, 0) is 50.8 Å². The van der Waals surface area contributed by atoms with Crippen molar-refractivity contribution >= 4 is 11.8 Å². The highest BCUT2D eigenvalue weighted by atomic mass is 16.2. The van der Waals surface area contributed by atoms with Crippen LogP contribution in [0.3, 0.4) is 0 Å². The molecule has 2 fully saturated rings. The second kappa shape index (κ2) is 8.10. The van der Waals surface area contributed by atoms with Crippen LogP contribution in [0.2, 0.25) is 0 Å². The summed E-state index contributed by atoms with van der Waals surface area (Å²) < 4.78 is 0. The summed E-state index contributed by atoms with van der Waals surface area (Å²) in [4.78, 5) is 31.1. The first-order chi connectivity index (χ1) is 13.0. The molecule has 6 heteroatoms. The lowest BCUT2D eigenvalue weighted by atomic mass is 9.87. The number of amides is 2. The minimum atomic E-state index is -0.0573. The first-order valence-corrected chi connectivity index (χ1v) is 9.70. The number of benzene rings is 1. The summed E-state index contributed by atoms with van der Waals surface area (Å²) in [6, 6.07) is 9.14. The minimum absolute atomic E-state index is 0.0233. The van der Waals surface area contributed by atoms with Crippen LogP contribution < -0.4 is 0 Å². The number of nitriles is 1. The predicted molar refractivity (Wildman–Crippen MR) is 103 cm³/mol. The lowest BCUT2D eigenvalue weighted by Gasteiger charge is -2.38. The summed E-state index contributed by atoms with van der Waals surface area (Å²) in [6.07, 6.45) is 5.01. The number of likely N-dealkylation sites (N-methyl/N-ethyl adjacent to an activating group) is 1. The van der Waals surface area contributed by atoms with Gasteiger partial charge >= 0.3 is 0 Å². The Bertz CT molecular complexity index is 755. The second-order valence-corrected chi connectivity index (χ2v) is 7.84. The van der Waals surface area contributed by atoms with Crippen molar-refractivity contribution in [2.45, 2.75) is 37.6 Å². The summed E-state index contributed by atoms with van der Waals surface area (Å²) in [5.74, 6) is 0.0783. The number of hydrogen-bond donors (Lipinski definition) is 0. The fourth-order valence-electron chi connectivity index (χ4n) is 4.43. The number of hydrogen-bond acceptors (Lipinski definition) is 4. The van der Waals surface area contributed by atoms with E-state index in [1.165, 1.54) is 0 Å². The van der Waals surface area contributed by atoms with Crippen molar-refractivity contribution in [3.05, 3.63) is 35.4 Å². The summed E-state index contributed by atoms with van der Waals surface area (Å²) in [6.45, 7) is 2.78. The quantitative estimate of drug-likeness (QED) is 0.819. The van der Waals surface area contributed by atoms with Gasteiger partial charge in [0.1, 0.15) is 0 Å². The highest BCUT2D eigenvalue weighted by Crippen LogP contribution is 2.38. The van der Waals surface area contributed by atoms with Gasteiger partial charge in [-0.25, -0.2) is 0 Å². The molecular weight excluding hydrogens is 340 g/mol. The van der Waals surface area contributed by atoms with Crippen LogP contribution in [0.4, 0.5) is 0 Å². The van der Waals surface area contributed by atoms with Crippen molar-refractivity contribution < 1.29 is 9.59 Å². The maximum atomic E-state index is 13.0. The third-order valence-corrected chi connectivity index (χ3v) is 6.05. The smallest absolute Gasteiger partial charge is 0.255 e. The highest BCUT2D eigenvalue weighted by molar-refractivity contribution is 5.96. The topological polar surface area (TPSA) is 67.7 Å². The Morgan fingerprint density at radius 2 is 1.81 bits per heavy atom. The lowest BCUT2D eigenvalue weighted by molar-refractivity contribution is -0.131. The van der Waals surface area contributed by atoms with Crippen LogP contribution in [0.1, 0.15) is 48.0 Å². The second-order valence-electron chi connectivity index (χ2n) is 7.84. The van der Waals surface area contributed by atoms with Gasteiger partial charge in [0.15, 0.2) is 0 Å². The van der Waals surface area contributed by atoms with Crippen LogP contribution in [0.15, 0.2) is 24.3 Å². The molecule has 3 rings (SSSR count). The van der Waals surface area contributed by atoms with Crippen LogP contribution in [0.25, 0.3) is 0 Å². The molecular formula is C21H28N4O2. The molecule has 0 aliphatic carbocycles. The van der Waals surface area contributed by atoms with Gasteiger partial charge in [0.25, 0.3) is 5.91 Å². The Hall–Kier alpha value is -2.39. The van der Waals surface area contributed by atoms with Gasteiger partial charge in [0.05, 0.1) is 23.7 Å². The van der Waals surface area contributed by atoms with Crippen LogP contribution in [-0.2, 0) is 4.79 Å². The third kappa shape index (κ3) is 3.98. The molecule has 1 aromatic rings. The molecule has 1 aromatic carbocycles. The van der Waals surface area contributed by atoms with Gasteiger partial charge in [-0.3, -0.25) is 14.5 Å². The zero-order chi connectivity index (χ0) is 19.4. The van der Waals surface area contributed by atoms with E-state index < -0.39 is 0 Å². The van der Waals surface area contributed by atoms with Gasteiger partial charge < -0.3 is 9.80 Å². The van der Waals surface area contributed by atoms with E-state index in [1.807, 2.05) is 4.90 Å². The maximum absolute atomic E-state index is 13.0. The highest BCUT2D eigenvalue weighted by Gasteiger charge is 2.43. The largest absolute Gasteiger partial charge is 0.348 e. The van der Waals surface area contributed by atoms with Crippen LogP contribution in [0.5, 0.6) is 0 Å². The Morgan fingerprint density at radius 1 is 1.11 bits per heavy atom. The molecule has 2 amide bonds. The van der Waals surface area contributed by atoms with Crippen molar-refractivity contribution in [2.24, 2.45) is 0 Å². The molecule has 144 valence electrons. The average Bonchev–Trinajstić information content (AvgIpc) is 2.92. The molecule has 1 atom stereocenters. The third-order valence-electron chi connectivity index (χ3n) is 6.05. The van der Waals surface area contributed by atoms with Gasteiger partial charge in [0, 0.05) is 32.7 Å². The Kier molecular flexibility index (Phi) is 5.81. The van der Waals surface area contributed by atoms with Gasteiger partial charge in [-0.1, -0.05) is 12.1 Å². The molecule has 2 aliphatic rings. The molecule has 2 heterocycles. The van der Waals surface area contributed by atoms with Gasteiger partial charge in [-0.2, -0.15) is 5.26 Å². The van der Waals surface area contributed by atoms with E-state index in [2.05, 4.69) is 11.0 Å². The minimum Gasteiger partial charge on any atom is -0.348 e. The molecule has 2 saturated heterocycles. The molecule has 0 N–H and O–H groups in total. The molecule has 6 nitrogen and oxygen atoms in total. The first kappa shape index (κ1) is 19.4. The molecule has 27 heavy (non-hydrogen) atoms. The monoisotopic (exact) mass is 368 g/mol. The standard InChI is InChI=1S/C21H28N4O2/c1-23(2)19(26)16-25-13-6-10-21(25)9-5-12-24(14-11-21)20(27)18-8-4-3-7-17(18)15-22/h3-4,7-8H,5-6,9-14,16H2,1-2H3/t21-/m1/s1. The van der Waals surface area contributed by atoms with E-state index >= 15 is 0 Å². The first-order valence-electron chi connectivity index (χ1n) is 9.70. The number of nitrogens with zero attached hydrogens (tertiary/aromatic N) is 4. The predicted octanol–water partition coefficient (Wildman–Crippen LogP) is 2.11. The van der Waals surface area contributed by atoms with E-state index in [1.54, 1.807) is 43.3 Å². The molecule has 0 aromatic heterocycles. The van der Waals surface area contributed by atoms with Gasteiger partial charge in [0.2, 0.25) is 5.91 Å². The fraction of sp³-hybridized carbons (Fsp3) is 0.571. The number of likely N-dealkylation sites (tertiary alicyclic amines) is 2. The van der Waals surface area contributed by atoms with E-state index in [0.29, 0.717) is 30.8 Å². The summed E-state index contributed by atoms with van der Waals surface area (Å²) in [5, 5.41) is 9.29. The van der Waals surface area contributed by atoms with E-state index in [-0.39, 0.29) is 17.4 Å². The van der Waals surface area contributed by atoms with Crippen molar-refractivity contribution in [3.8, 4) is 6.07 Å². The normalized spacial score (nSPS) is 23.1. The SMILES string of the molecule is CN(C)C(=O)CN1CCC[C@@]12CCCN(C(=O)c1ccccc1C#N)CC2.